The van der Waals surface area contributed by atoms with Gasteiger partial charge < -0.3 is 0 Å². The lowest BCUT2D eigenvalue weighted by Gasteiger charge is -1.97. The standard InChI is InChI=1S/C5H6BrCl3/c1-3(6)4(2,7)5(3,8)9/h1-2H3. The maximum atomic E-state index is 5.91. The third-order valence-corrected chi connectivity index (χ3v) is 6.44. The molecule has 0 aliphatic heterocycles. The van der Waals surface area contributed by atoms with Crippen LogP contribution in [0, 0.1) is 0 Å². The van der Waals surface area contributed by atoms with Crippen LogP contribution >= 0.6 is 50.7 Å². The molecule has 0 amide bonds. The van der Waals surface area contributed by atoms with Crippen molar-refractivity contribution in [3.63, 3.8) is 0 Å². The van der Waals surface area contributed by atoms with Gasteiger partial charge in [0.1, 0.15) is 0 Å². The molecule has 0 spiro atoms. The molecule has 2 atom stereocenters. The molecule has 1 rings (SSSR count). The highest BCUT2D eigenvalue weighted by molar-refractivity contribution is 9.10. The van der Waals surface area contributed by atoms with Crippen LogP contribution in [0.25, 0.3) is 0 Å². The van der Waals surface area contributed by atoms with E-state index >= 15 is 0 Å². The van der Waals surface area contributed by atoms with Crippen LogP contribution in [-0.4, -0.2) is 13.5 Å². The first kappa shape index (κ1) is 8.45. The van der Waals surface area contributed by atoms with E-state index in [1.807, 2.05) is 13.8 Å². The first-order chi connectivity index (χ1) is 3.75. The molecular formula is C5H6BrCl3. The van der Waals surface area contributed by atoms with Crippen molar-refractivity contribution in [2.75, 3.05) is 0 Å². The number of hydrogen-bond acceptors (Lipinski definition) is 0. The van der Waals surface area contributed by atoms with Crippen LogP contribution in [-0.2, 0) is 0 Å². The largest absolute Gasteiger partial charge is 0.155 e. The molecule has 0 aromatic carbocycles. The zero-order valence-electron chi connectivity index (χ0n) is 5.01. The van der Waals surface area contributed by atoms with Crippen molar-refractivity contribution in [1.82, 2.24) is 0 Å². The predicted octanol–water partition coefficient (Wildman–Crippen LogP) is 3.33. The van der Waals surface area contributed by atoms with Crippen molar-refractivity contribution in [3.05, 3.63) is 0 Å². The van der Waals surface area contributed by atoms with Crippen molar-refractivity contribution < 1.29 is 0 Å². The summed E-state index contributed by atoms with van der Waals surface area (Å²) in [4.78, 5) is -0.539. The van der Waals surface area contributed by atoms with Crippen LogP contribution in [0.5, 0.6) is 0 Å². The van der Waals surface area contributed by atoms with E-state index < -0.39 is 9.21 Å². The number of rotatable bonds is 0. The fraction of sp³-hybridized carbons (Fsp3) is 1.00. The van der Waals surface area contributed by atoms with Gasteiger partial charge >= 0.3 is 0 Å². The summed E-state index contributed by atoms with van der Waals surface area (Å²) >= 11 is 20.9. The van der Waals surface area contributed by atoms with E-state index in [0.717, 1.165) is 0 Å². The maximum Gasteiger partial charge on any atom is 0.155 e. The van der Waals surface area contributed by atoms with E-state index in [4.69, 9.17) is 34.8 Å². The summed E-state index contributed by atoms with van der Waals surface area (Å²) < 4.78 is -1.18. The molecule has 0 aromatic rings. The van der Waals surface area contributed by atoms with Crippen molar-refractivity contribution in [2.45, 2.75) is 27.4 Å². The second-order valence-electron chi connectivity index (χ2n) is 2.58. The Morgan fingerprint density at radius 1 is 1.11 bits per heavy atom. The van der Waals surface area contributed by atoms with Gasteiger partial charge in [-0.3, -0.25) is 0 Å². The second-order valence-corrected chi connectivity index (χ2v) is 6.25. The molecule has 0 nitrogen and oxygen atoms in total. The van der Waals surface area contributed by atoms with Gasteiger partial charge in [-0.15, -0.1) is 11.6 Å². The van der Waals surface area contributed by atoms with Gasteiger partial charge in [-0.05, 0) is 13.8 Å². The van der Waals surface area contributed by atoms with E-state index in [9.17, 15) is 0 Å². The van der Waals surface area contributed by atoms with Crippen LogP contribution in [0.2, 0.25) is 0 Å². The molecule has 1 saturated carbocycles. The summed E-state index contributed by atoms with van der Waals surface area (Å²) in [6, 6.07) is 0. The lowest BCUT2D eigenvalue weighted by atomic mass is 10.4. The normalized spacial score (nSPS) is 55.3. The second kappa shape index (κ2) is 1.74. The number of halogens is 4. The number of hydrogen-bond donors (Lipinski definition) is 0. The van der Waals surface area contributed by atoms with Gasteiger partial charge in [0.25, 0.3) is 0 Å². The minimum absolute atomic E-state index is 0.350. The summed E-state index contributed by atoms with van der Waals surface area (Å²) in [7, 11) is 0. The summed E-state index contributed by atoms with van der Waals surface area (Å²) in [6.07, 6.45) is 0. The van der Waals surface area contributed by atoms with Crippen LogP contribution in [0.4, 0.5) is 0 Å². The van der Waals surface area contributed by atoms with Gasteiger partial charge in [-0.1, -0.05) is 39.1 Å². The maximum absolute atomic E-state index is 5.91. The third kappa shape index (κ3) is 0.727. The van der Waals surface area contributed by atoms with E-state index in [2.05, 4.69) is 15.9 Å². The third-order valence-electron chi connectivity index (χ3n) is 2.00. The topological polar surface area (TPSA) is 0 Å². The van der Waals surface area contributed by atoms with Gasteiger partial charge in [0.2, 0.25) is 0 Å². The number of alkyl halides is 4. The Labute approximate surface area is 78.0 Å². The van der Waals surface area contributed by atoms with E-state index in [-0.39, 0.29) is 4.32 Å². The lowest BCUT2D eigenvalue weighted by Crippen LogP contribution is -2.02. The van der Waals surface area contributed by atoms with E-state index in [0.29, 0.717) is 0 Å². The average molecular weight is 252 g/mol. The fourth-order valence-electron chi connectivity index (χ4n) is 0.717. The summed E-state index contributed by atoms with van der Waals surface area (Å²) in [6.45, 7) is 3.68. The quantitative estimate of drug-likeness (QED) is 0.580. The summed E-state index contributed by atoms with van der Waals surface area (Å²) in [5, 5.41) is 0. The Balaban J connectivity index is 2.91. The molecule has 0 heterocycles. The molecule has 9 heavy (non-hydrogen) atoms. The molecule has 1 aliphatic carbocycles. The minimum atomic E-state index is -0.832. The first-order valence-corrected chi connectivity index (χ1v) is 4.43. The first-order valence-electron chi connectivity index (χ1n) is 2.51. The summed E-state index contributed by atoms with van der Waals surface area (Å²) in [5.41, 5.74) is 0. The molecule has 0 aromatic heterocycles. The molecule has 4 heteroatoms. The van der Waals surface area contributed by atoms with Crippen LogP contribution in [0.3, 0.4) is 0 Å². The van der Waals surface area contributed by atoms with Crippen molar-refractivity contribution in [1.29, 1.82) is 0 Å². The van der Waals surface area contributed by atoms with Crippen LogP contribution < -0.4 is 0 Å². The van der Waals surface area contributed by atoms with Gasteiger partial charge in [0.15, 0.2) is 4.33 Å². The monoisotopic (exact) mass is 250 g/mol. The van der Waals surface area contributed by atoms with Gasteiger partial charge in [0.05, 0.1) is 9.20 Å². The molecule has 0 N–H and O–H groups in total. The highest BCUT2D eigenvalue weighted by atomic mass is 79.9. The highest BCUT2D eigenvalue weighted by Crippen LogP contribution is 2.73. The van der Waals surface area contributed by atoms with Crippen molar-refractivity contribution in [2.24, 2.45) is 0 Å². The molecule has 54 valence electrons. The highest BCUT2D eigenvalue weighted by Gasteiger charge is 2.81. The Kier molecular flexibility index (Phi) is 1.63. The van der Waals surface area contributed by atoms with Gasteiger partial charge in [0, 0.05) is 0 Å². The average Bonchev–Trinajstić information content (AvgIpc) is 1.84. The predicted molar refractivity (Wildman–Crippen MR) is 46.0 cm³/mol. The molecule has 1 aliphatic rings. The molecule has 1 fully saturated rings. The fourth-order valence-corrected chi connectivity index (χ4v) is 2.70. The Bertz CT molecular complexity index is 110. The molecular weight excluding hydrogens is 246 g/mol. The zero-order valence-corrected chi connectivity index (χ0v) is 8.87. The van der Waals surface area contributed by atoms with Gasteiger partial charge in [-0.25, -0.2) is 0 Å². The summed E-state index contributed by atoms with van der Waals surface area (Å²) in [5.74, 6) is 0. The Morgan fingerprint density at radius 2 is 1.22 bits per heavy atom. The minimum Gasteiger partial charge on any atom is -0.115 e. The Hall–Kier alpha value is 1.35. The molecule has 0 saturated heterocycles. The molecule has 0 radical (unpaired) electrons. The zero-order chi connectivity index (χ0) is 7.50. The van der Waals surface area contributed by atoms with E-state index in [1.165, 1.54) is 0 Å². The van der Waals surface area contributed by atoms with Crippen LogP contribution in [0.15, 0.2) is 0 Å². The van der Waals surface area contributed by atoms with Crippen molar-refractivity contribution >= 4 is 50.7 Å². The molecule has 0 bridgehead atoms. The van der Waals surface area contributed by atoms with Crippen LogP contribution in [0.1, 0.15) is 13.8 Å². The van der Waals surface area contributed by atoms with Crippen molar-refractivity contribution in [3.8, 4) is 0 Å². The Morgan fingerprint density at radius 3 is 1.22 bits per heavy atom. The smallest absolute Gasteiger partial charge is 0.115 e. The SMILES string of the molecule is CC1(Cl)C(Cl)(Cl)C1(C)Br. The van der Waals surface area contributed by atoms with Gasteiger partial charge in [-0.2, -0.15) is 0 Å². The lowest BCUT2D eigenvalue weighted by molar-refractivity contribution is 0.930. The molecule has 2 unspecified atom stereocenters. The van der Waals surface area contributed by atoms with E-state index in [1.54, 1.807) is 0 Å².